The molecule has 0 bridgehead atoms. The van der Waals surface area contributed by atoms with Crippen molar-refractivity contribution in [1.29, 1.82) is 0 Å². The summed E-state index contributed by atoms with van der Waals surface area (Å²) in [5, 5.41) is 6.96. The van der Waals surface area contributed by atoms with Crippen molar-refractivity contribution in [2.75, 3.05) is 0 Å². The fraction of sp³-hybridized carbons (Fsp3) is 0.200. The van der Waals surface area contributed by atoms with Gasteiger partial charge >= 0.3 is 0 Å². The lowest BCUT2D eigenvalue weighted by Gasteiger charge is -2.26. The van der Waals surface area contributed by atoms with E-state index in [0.717, 1.165) is 20.9 Å². The van der Waals surface area contributed by atoms with Crippen LogP contribution in [-0.2, 0) is 17.9 Å². The first kappa shape index (κ1) is 17.0. The summed E-state index contributed by atoms with van der Waals surface area (Å²) in [6.07, 6.45) is 0.269. The van der Waals surface area contributed by atoms with Crippen LogP contribution in [0.2, 0.25) is 0 Å². The monoisotopic (exact) mass is 382 g/mol. The molecule has 26 heavy (non-hydrogen) atoms. The predicted octanol–water partition coefficient (Wildman–Crippen LogP) is 4.21. The molecule has 132 valence electrons. The molecular weight excluding hydrogens is 364 g/mol. The van der Waals surface area contributed by atoms with Crippen LogP contribution in [0.4, 0.5) is 0 Å². The SMILES string of the molecule is O=C(C[C@@H](c1cccs1)N1Cc2ccccc2C1=O)NCc1cccs1. The van der Waals surface area contributed by atoms with Gasteiger partial charge in [0, 0.05) is 21.9 Å². The minimum atomic E-state index is -0.238. The van der Waals surface area contributed by atoms with Crippen LogP contribution in [0.25, 0.3) is 0 Å². The summed E-state index contributed by atoms with van der Waals surface area (Å²) in [7, 11) is 0. The molecule has 2 aromatic heterocycles. The number of nitrogens with one attached hydrogen (secondary N) is 1. The number of thiophene rings is 2. The Bertz CT molecular complexity index is 904. The summed E-state index contributed by atoms with van der Waals surface area (Å²) in [5.74, 6) is -0.0365. The Kier molecular flexibility index (Phi) is 4.86. The minimum Gasteiger partial charge on any atom is -0.351 e. The molecule has 0 fully saturated rings. The van der Waals surface area contributed by atoms with Crippen LogP contribution in [0.3, 0.4) is 0 Å². The standard InChI is InChI=1S/C20H18N2O2S2/c23-19(21-12-15-6-3-9-25-15)11-17(18-8-4-10-26-18)22-13-14-5-1-2-7-16(14)20(22)24/h1-10,17H,11-13H2,(H,21,23)/t17-/m0/s1. The lowest BCUT2D eigenvalue weighted by molar-refractivity contribution is -0.122. The molecule has 4 nitrogen and oxygen atoms in total. The molecule has 1 atom stereocenters. The van der Waals surface area contributed by atoms with Gasteiger partial charge in [-0.3, -0.25) is 9.59 Å². The summed E-state index contributed by atoms with van der Waals surface area (Å²) in [5.41, 5.74) is 1.77. The molecule has 0 saturated carbocycles. The van der Waals surface area contributed by atoms with Crippen LogP contribution >= 0.6 is 22.7 Å². The van der Waals surface area contributed by atoms with Gasteiger partial charge < -0.3 is 10.2 Å². The van der Waals surface area contributed by atoms with Crippen molar-refractivity contribution in [3.63, 3.8) is 0 Å². The van der Waals surface area contributed by atoms with Gasteiger partial charge in [-0.2, -0.15) is 0 Å². The minimum absolute atomic E-state index is 0.00468. The summed E-state index contributed by atoms with van der Waals surface area (Å²) in [6, 6.07) is 15.4. The van der Waals surface area contributed by atoms with Crippen molar-refractivity contribution >= 4 is 34.5 Å². The molecule has 1 N–H and O–H groups in total. The zero-order valence-electron chi connectivity index (χ0n) is 14.1. The Balaban J connectivity index is 1.51. The second kappa shape index (κ2) is 7.43. The predicted molar refractivity (Wildman–Crippen MR) is 104 cm³/mol. The normalized spacial score (nSPS) is 14.3. The van der Waals surface area contributed by atoms with Gasteiger partial charge in [-0.15, -0.1) is 22.7 Å². The number of nitrogens with zero attached hydrogens (tertiary/aromatic N) is 1. The zero-order valence-corrected chi connectivity index (χ0v) is 15.7. The molecule has 1 aromatic carbocycles. The highest BCUT2D eigenvalue weighted by molar-refractivity contribution is 7.10. The number of rotatable bonds is 6. The Hall–Kier alpha value is -2.44. The average molecular weight is 383 g/mol. The van der Waals surface area contributed by atoms with Crippen LogP contribution < -0.4 is 5.32 Å². The fourth-order valence-electron chi connectivity index (χ4n) is 3.22. The first-order valence-electron chi connectivity index (χ1n) is 8.44. The highest BCUT2D eigenvalue weighted by Gasteiger charge is 2.34. The molecule has 3 aromatic rings. The number of benzene rings is 1. The maximum atomic E-state index is 12.9. The van der Waals surface area contributed by atoms with Gasteiger partial charge in [0.15, 0.2) is 0 Å². The van der Waals surface area contributed by atoms with E-state index in [1.54, 1.807) is 22.7 Å². The van der Waals surface area contributed by atoms with Crippen LogP contribution in [0, 0.1) is 0 Å². The van der Waals surface area contributed by atoms with Gasteiger partial charge in [0.2, 0.25) is 5.91 Å². The number of carbonyl (C=O) groups is 2. The number of amides is 2. The molecule has 1 aliphatic heterocycles. The van der Waals surface area contributed by atoms with Crippen molar-refractivity contribution in [1.82, 2.24) is 10.2 Å². The maximum Gasteiger partial charge on any atom is 0.255 e. The number of hydrogen-bond acceptors (Lipinski definition) is 4. The van der Waals surface area contributed by atoms with Gasteiger partial charge in [-0.1, -0.05) is 30.3 Å². The van der Waals surface area contributed by atoms with Crippen molar-refractivity contribution < 1.29 is 9.59 Å². The molecule has 0 radical (unpaired) electrons. The zero-order chi connectivity index (χ0) is 17.9. The molecule has 1 aliphatic rings. The molecule has 0 aliphatic carbocycles. The molecule has 0 unspecified atom stereocenters. The quantitative estimate of drug-likeness (QED) is 0.694. The molecule has 4 rings (SSSR count). The molecule has 2 amide bonds. The topological polar surface area (TPSA) is 49.4 Å². The third kappa shape index (κ3) is 3.43. The van der Waals surface area contributed by atoms with Crippen molar-refractivity contribution in [3.8, 4) is 0 Å². The molecule has 0 saturated heterocycles. The van der Waals surface area contributed by atoms with Gasteiger partial charge in [0.1, 0.15) is 0 Å². The Morgan fingerprint density at radius 3 is 2.62 bits per heavy atom. The number of hydrogen-bond donors (Lipinski definition) is 1. The van der Waals surface area contributed by atoms with Crippen LogP contribution in [-0.4, -0.2) is 16.7 Å². The number of fused-ring (bicyclic) bond motifs is 1. The van der Waals surface area contributed by atoms with Crippen molar-refractivity contribution in [2.45, 2.75) is 25.6 Å². The van der Waals surface area contributed by atoms with E-state index in [1.807, 2.05) is 64.2 Å². The molecular formula is C20H18N2O2S2. The molecule has 3 heterocycles. The second-order valence-corrected chi connectivity index (χ2v) is 8.19. The molecule has 0 spiro atoms. The van der Waals surface area contributed by atoms with Crippen LogP contribution in [0.5, 0.6) is 0 Å². The first-order chi connectivity index (χ1) is 12.7. The van der Waals surface area contributed by atoms with Crippen molar-refractivity contribution in [2.24, 2.45) is 0 Å². The van der Waals surface area contributed by atoms with E-state index in [9.17, 15) is 9.59 Å². The molecule has 6 heteroatoms. The van der Waals surface area contributed by atoms with Crippen LogP contribution in [0.15, 0.2) is 59.3 Å². The van der Waals surface area contributed by atoms with E-state index in [2.05, 4.69) is 5.32 Å². The smallest absolute Gasteiger partial charge is 0.255 e. The largest absolute Gasteiger partial charge is 0.351 e. The van der Waals surface area contributed by atoms with Crippen LogP contribution in [0.1, 0.15) is 38.1 Å². The van der Waals surface area contributed by atoms with Gasteiger partial charge in [0.25, 0.3) is 5.91 Å². The van der Waals surface area contributed by atoms with E-state index in [0.29, 0.717) is 13.1 Å². The van der Waals surface area contributed by atoms with E-state index in [1.165, 1.54) is 0 Å². The second-order valence-electron chi connectivity index (χ2n) is 6.18. The number of carbonyl (C=O) groups excluding carboxylic acids is 2. The Morgan fingerprint density at radius 1 is 1.08 bits per heavy atom. The summed E-state index contributed by atoms with van der Waals surface area (Å²) >= 11 is 3.21. The highest BCUT2D eigenvalue weighted by Crippen LogP contribution is 2.35. The Labute approximate surface area is 160 Å². The van der Waals surface area contributed by atoms with E-state index >= 15 is 0 Å². The lowest BCUT2D eigenvalue weighted by Crippen LogP contribution is -2.33. The van der Waals surface area contributed by atoms with Gasteiger partial charge in [0.05, 0.1) is 19.0 Å². The fourth-order valence-corrected chi connectivity index (χ4v) is 4.70. The first-order valence-corrected chi connectivity index (χ1v) is 10.2. The third-order valence-corrected chi connectivity index (χ3v) is 6.37. The van der Waals surface area contributed by atoms with E-state index < -0.39 is 0 Å². The summed E-state index contributed by atoms with van der Waals surface area (Å²) < 4.78 is 0. The van der Waals surface area contributed by atoms with Gasteiger partial charge in [-0.05, 0) is 34.5 Å². The summed E-state index contributed by atoms with van der Waals surface area (Å²) in [4.78, 5) is 29.4. The van der Waals surface area contributed by atoms with E-state index in [4.69, 9.17) is 0 Å². The highest BCUT2D eigenvalue weighted by atomic mass is 32.1. The Morgan fingerprint density at radius 2 is 1.88 bits per heavy atom. The third-order valence-electron chi connectivity index (χ3n) is 4.52. The average Bonchev–Trinajstić information content (AvgIpc) is 3.40. The van der Waals surface area contributed by atoms with Gasteiger partial charge in [-0.25, -0.2) is 0 Å². The summed E-state index contributed by atoms with van der Waals surface area (Å²) in [6.45, 7) is 1.08. The van der Waals surface area contributed by atoms with E-state index in [-0.39, 0.29) is 24.3 Å². The maximum absolute atomic E-state index is 12.9. The van der Waals surface area contributed by atoms with Crippen molar-refractivity contribution in [3.05, 3.63) is 80.2 Å². The lowest BCUT2D eigenvalue weighted by atomic mass is 10.1.